The smallest absolute Gasteiger partial charge is 0.224 e. The summed E-state index contributed by atoms with van der Waals surface area (Å²) in [4.78, 5) is 9.05. The Bertz CT molecular complexity index is 879. The molecule has 3 rings (SSSR count). The lowest BCUT2D eigenvalue weighted by molar-refractivity contribution is 0.414. The van der Waals surface area contributed by atoms with Crippen LogP contribution in [0.25, 0.3) is 0 Å². The Morgan fingerprint density at radius 3 is 2.62 bits per heavy atom. The van der Waals surface area contributed by atoms with E-state index < -0.39 is 0 Å². The first-order valence-electron chi connectivity index (χ1n) is 8.69. The summed E-state index contributed by atoms with van der Waals surface area (Å²) in [5.74, 6) is 2.29. The van der Waals surface area contributed by atoms with Crippen LogP contribution in [0.2, 0.25) is 0 Å². The van der Waals surface area contributed by atoms with Crippen molar-refractivity contribution in [2.75, 3.05) is 24.3 Å². The summed E-state index contributed by atoms with van der Waals surface area (Å²) >= 11 is 0. The van der Waals surface area contributed by atoms with E-state index >= 15 is 0 Å². The van der Waals surface area contributed by atoms with Crippen LogP contribution in [0.3, 0.4) is 0 Å². The van der Waals surface area contributed by atoms with E-state index in [1.165, 1.54) is 11.1 Å². The zero-order chi connectivity index (χ0) is 18.4. The number of rotatable bonds is 7. The van der Waals surface area contributed by atoms with E-state index in [0.717, 1.165) is 35.9 Å². The quantitative estimate of drug-likeness (QED) is 0.658. The lowest BCUT2D eigenvalue weighted by atomic mass is 10.1. The fraction of sp³-hybridized carbons (Fsp3) is 0.238. The number of nitrogens with zero attached hydrogens (tertiary/aromatic N) is 2. The van der Waals surface area contributed by atoms with Crippen LogP contribution in [-0.2, 0) is 6.42 Å². The van der Waals surface area contributed by atoms with Gasteiger partial charge in [-0.05, 0) is 49.6 Å². The molecule has 0 aliphatic rings. The van der Waals surface area contributed by atoms with Gasteiger partial charge in [-0.25, -0.2) is 4.98 Å². The molecule has 2 aromatic carbocycles. The number of anilines is 3. The maximum Gasteiger partial charge on any atom is 0.224 e. The maximum absolute atomic E-state index is 5.26. The number of benzene rings is 2. The molecule has 1 heterocycles. The summed E-state index contributed by atoms with van der Waals surface area (Å²) in [5, 5.41) is 6.68. The third kappa shape index (κ3) is 4.72. The molecule has 0 aliphatic heterocycles. The van der Waals surface area contributed by atoms with E-state index in [9.17, 15) is 0 Å². The number of para-hydroxylation sites is 1. The Hall–Kier alpha value is -3.08. The van der Waals surface area contributed by atoms with Gasteiger partial charge in [0.1, 0.15) is 11.6 Å². The summed E-state index contributed by atoms with van der Waals surface area (Å²) < 4.78 is 5.26. The van der Waals surface area contributed by atoms with Crippen LogP contribution in [-0.4, -0.2) is 23.6 Å². The highest BCUT2D eigenvalue weighted by atomic mass is 16.5. The van der Waals surface area contributed by atoms with E-state index in [-0.39, 0.29) is 0 Å². The van der Waals surface area contributed by atoms with Gasteiger partial charge in [-0.3, -0.25) is 0 Å². The molecule has 134 valence electrons. The van der Waals surface area contributed by atoms with Crippen LogP contribution < -0.4 is 15.4 Å². The van der Waals surface area contributed by atoms with Crippen molar-refractivity contribution in [1.29, 1.82) is 0 Å². The van der Waals surface area contributed by atoms with Gasteiger partial charge in [0.15, 0.2) is 0 Å². The van der Waals surface area contributed by atoms with Crippen molar-refractivity contribution in [3.8, 4) is 5.75 Å². The monoisotopic (exact) mass is 348 g/mol. The Labute approximate surface area is 154 Å². The molecule has 1 aromatic heterocycles. The van der Waals surface area contributed by atoms with E-state index in [4.69, 9.17) is 4.74 Å². The minimum absolute atomic E-state index is 0.629. The maximum atomic E-state index is 5.26. The Kier molecular flexibility index (Phi) is 5.69. The van der Waals surface area contributed by atoms with Crippen molar-refractivity contribution in [3.63, 3.8) is 0 Å². The summed E-state index contributed by atoms with van der Waals surface area (Å²) in [7, 11) is 1.68. The van der Waals surface area contributed by atoms with Crippen LogP contribution in [0.1, 0.15) is 16.8 Å². The number of ether oxygens (including phenoxy) is 1. The second-order valence-electron chi connectivity index (χ2n) is 6.19. The first-order valence-corrected chi connectivity index (χ1v) is 8.69. The third-order valence-corrected chi connectivity index (χ3v) is 4.09. The third-order valence-electron chi connectivity index (χ3n) is 4.09. The summed E-state index contributed by atoms with van der Waals surface area (Å²) in [5.41, 5.74) is 4.35. The van der Waals surface area contributed by atoms with Crippen LogP contribution >= 0.6 is 0 Å². The predicted octanol–water partition coefficient (Wildman–Crippen LogP) is 4.50. The van der Waals surface area contributed by atoms with Gasteiger partial charge in [-0.1, -0.05) is 30.3 Å². The lowest BCUT2D eigenvalue weighted by Crippen LogP contribution is -2.10. The molecule has 0 amide bonds. The van der Waals surface area contributed by atoms with Gasteiger partial charge in [0.25, 0.3) is 0 Å². The highest BCUT2D eigenvalue weighted by Crippen LogP contribution is 2.20. The van der Waals surface area contributed by atoms with Crippen LogP contribution in [0.15, 0.2) is 54.6 Å². The van der Waals surface area contributed by atoms with Crippen molar-refractivity contribution in [2.45, 2.75) is 20.3 Å². The molecule has 0 radical (unpaired) electrons. The average molecular weight is 348 g/mol. The SMILES string of the molecule is COc1cccc(CCNc2nc(C)cc(Nc3ccccc3C)n2)c1. The Balaban J connectivity index is 1.65. The van der Waals surface area contributed by atoms with Gasteiger partial charge in [0.2, 0.25) is 5.95 Å². The van der Waals surface area contributed by atoms with Crippen LogP contribution in [0.4, 0.5) is 17.5 Å². The Morgan fingerprint density at radius 2 is 1.81 bits per heavy atom. The fourth-order valence-corrected chi connectivity index (χ4v) is 2.71. The average Bonchev–Trinajstić information content (AvgIpc) is 2.63. The number of methoxy groups -OCH3 is 1. The minimum atomic E-state index is 0.629. The van der Waals surface area contributed by atoms with E-state index in [0.29, 0.717) is 5.95 Å². The highest BCUT2D eigenvalue weighted by molar-refractivity contribution is 5.61. The molecule has 0 unspecified atom stereocenters. The number of nitrogens with one attached hydrogen (secondary N) is 2. The van der Waals surface area contributed by atoms with Crippen molar-refractivity contribution >= 4 is 17.5 Å². The van der Waals surface area contributed by atoms with Gasteiger partial charge < -0.3 is 15.4 Å². The first-order chi connectivity index (χ1) is 12.6. The van der Waals surface area contributed by atoms with Gasteiger partial charge in [0, 0.05) is 24.0 Å². The second kappa shape index (κ2) is 8.34. The largest absolute Gasteiger partial charge is 0.497 e. The van der Waals surface area contributed by atoms with Crippen molar-refractivity contribution in [3.05, 3.63) is 71.4 Å². The second-order valence-corrected chi connectivity index (χ2v) is 6.19. The van der Waals surface area contributed by atoms with E-state index in [1.807, 2.05) is 49.4 Å². The molecule has 0 atom stereocenters. The van der Waals surface area contributed by atoms with E-state index in [1.54, 1.807) is 7.11 Å². The van der Waals surface area contributed by atoms with Gasteiger partial charge >= 0.3 is 0 Å². The first kappa shape index (κ1) is 17.7. The summed E-state index contributed by atoms with van der Waals surface area (Å²) in [6, 6.07) is 18.2. The minimum Gasteiger partial charge on any atom is -0.497 e. The number of aromatic nitrogens is 2. The van der Waals surface area contributed by atoms with Gasteiger partial charge in [0.05, 0.1) is 7.11 Å². The molecule has 26 heavy (non-hydrogen) atoms. The van der Waals surface area contributed by atoms with Gasteiger partial charge in [-0.15, -0.1) is 0 Å². The Morgan fingerprint density at radius 1 is 0.962 bits per heavy atom. The standard InChI is InChI=1S/C21H24N4O/c1-15-7-4-5-10-19(15)24-20-13-16(2)23-21(25-20)22-12-11-17-8-6-9-18(14-17)26-3/h4-10,13-14H,11-12H2,1-3H3,(H2,22,23,24,25). The van der Waals surface area contributed by atoms with Crippen molar-refractivity contribution in [2.24, 2.45) is 0 Å². The topological polar surface area (TPSA) is 59.1 Å². The van der Waals surface area contributed by atoms with E-state index in [2.05, 4.69) is 39.7 Å². The molecule has 2 N–H and O–H groups in total. The molecule has 0 saturated carbocycles. The normalized spacial score (nSPS) is 10.4. The van der Waals surface area contributed by atoms with Crippen LogP contribution in [0, 0.1) is 13.8 Å². The molecule has 0 spiro atoms. The fourth-order valence-electron chi connectivity index (χ4n) is 2.71. The molecular weight excluding hydrogens is 324 g/mol. The number of hydrogen-bond acceptors (Lipinski definition) is 5. The molecule has 5 nitrogen and oxygen atoms in total. The van der Waals surface area contributed by atoms with Gasteiger partial charge in [-0.2, -0.15) is 4.98 Å². The molecule has 0 fully saturated rings. The summed E-state index contributed by atoms with van der Waals surface area (Å²) in [6.45, 7) is 4.79. The van der Waals surface area contributed by atoms with Crippen LogP contribution in [0.5, 0.6) is 5.75 Å². The summed E-state index contributed by atoms with van der Waals surface area (Å²) in [6.07, 6.45) is 0.870. The predicted molar refractivity (Wildman–Crippen MR) is 106 cm³/mol. The highest BCUT2D eigenvalue weighted by Gasteiger charge is 2.04. The zero-order valence-corrected chi connectivity index (χ0v) is 15.4. The number of aryl methyl sites for hydroxylation is 2. The lowest BCUT2D eigenvalue weighted by Gasteiger charge is -2.11. The molecule has 5 heteroatoms. The van der Waals surface area contributed by atoms with Crippen molar-refractivity contribution in [1.82, 2.24) is 9.97 Å². The molecule has 3 aromatic rings. The zero-order valence-electron chi connectivity index (χ0n) is 15.4. The number of hydrogen-bond donors (Lipinski definition) is 2. The molecule has 0 bridgehead atoms. The van der Waals surface area contributed by atoms with Crippen molar-refractivity contribution < 1.29 is 4.74 Å². The molecular formula is C21H24N4O. The molecule has 0 aliphatic carbocycles. The molecule has 0 saturated heterocycles.